The van der Waals surface area contributed by atoms with Crippen molar-refractivity contribution in [2.24, 2.45) is 0 Å². The molecule has 0 aliphatic rings. The zero-order chi connectivity index (χ0) is 15.2. The van der Waals surface area contributed by atoms with Gasteiger partial charge in [-0.1, -0.05) is 43.3 Å². The quantitative estimate of drug-likeness (QED) is 0.840. The molecule has 1 N–H and O–H groups in total. The minimum atomic E-state index is 0.315. The number of rotatable bonds is 6. The number of benzene rings is 2. The fourth-order valence-electron chi connectivity index (χ4n) is 2.45. The lowest BCUT2D eigenvalue weighted by atomic mass is 10.0. The molecule has 0 radical (unpaired) electrons. The third-order valence-electron chi connectivity index (χ3n) is 3.72. The predicted octanol–water partition coefficient (Wildman–Crippen LogP) is 4.48. The number of nitrogens with zero attached hydrogens (tertiary/aromatic N) is 1. The molecule has 1 atom stereocenters. The summed E-state index contributed by atoms with van der Waals surface area (Å²) in [5, 5.41) is 3.56. The van der Waals surface area contributed by atoms with Gasteiger partial charge in [0.2, 0.25) is 0 Å². The molecule has 0 spiro atoms. The molecule has 2 aromatic carbocycles. The number of nitrogens with one attached hydrogen (secondary N) is 1. The molecule has 2 aromatic rings. The van der Waals surface area contributed by atoms with Crippen molar-refractivity contribution in [2.45, 2.75) is 32.9 Å². The van der Waals surface area contributed by atoms with Crippen molar-refractivity contribution < 1.29 is 0 Å². The smallest absolute Gasteiger partial charge is 0.0485 e. The second kappa shape index (κ2) is 7.28. The molecule has 2 rings (SSSR count). The second-order valence-electron chi connectivity index (χ2n) is 5.90. The molecule has 0 amide bonds. The van der Waals surface area contributed by atoms with Crippen LogP contribution < -0.4 is 5.32 Å². The van der Waals surface area contributed by atoms with Crippen LogP contribution in [0.25, 0.3) is 0 Å². The highest BCUT2D eigenvalue weighted by Gasteiger charge is 2.05. The minimum absolute atomic E-state index is 0.315. The first-order valence-corrected chi connectivity index (χ1v) is 7.67. The van der Waals surface area contributed by atoms with Crippen LogP contribution in [0.4, 0.5) is 5.69 Å². The van der Waals surface area contributed by atoms with Gasteiger partial charge in [0, 0.05) is 18.3 Å². The Hall–Kier alpha value is -1.80. The van der Waals surface area contributed by atoms with Crippen molar-refractivity contribution in [3.63, 3.8) is 0 Å². The summed E-state index contributed by atoms with van der Waals surface area (Å²) in [7, 11) is 4.18. The standard InChI is InChI=1S/C19H26N2/c1-5-16-6-10-18(11-7-16)15(2)20-19-12-8-17(9-13-19)14-21(3)4/h6-13,15,20H,5,14H2,1-4H3. The van der Waals surface area contributed by atoms with Gasteiger partial charge in [-0.3, -0.25) is 0 Å². The molecule has 112 valence electrons. The van der Waals surface area contributed by atoms with Gasteiger partial charge in [0.1, 0.15) is 0 Å². The van der Waals surface area contributed by atoms with Crippen molar-refractivity contribution in [1.82, 2.24) is 4.90 Å². The number of hydrogen-bond donors (Lipinski definition) is 1. The summed E-state index contributed by atoms with van der Waals surface area (Å²) >= 11 is 0. The van der Waals surface area contributed by atoms with E-state index >= 15 is 0 Å². The van der Waals surface area contributed by atoms with Crippen molar-refractivity contribution in [3.05, 3.63) is 65.2 Å². The third kappa shape index (κ3) is 4.61. The van der Waals surface area contributed by atoms with Crippen molar-refractivity contribution in [3.8, 4) is 0 Å². The minimum Gasteiger partial charge on any atom is -0.379 e. The SMILES string of the molecule is CCc1ccc(C(C)Nc2ccc(CN(C)C)cc2)cc1. The summed E-state index contributed by atoms with van der Waals surface area (Å²) in [6.07, 6.45) is 1.09. The van der Waals surface area contributed by atoms with E-state index in [1.807, 2.05) is 0 Å². The van der Waals surface area contributed by atoms with Gasteiger partial charge in [0.25, 0.3) is 0 Å². The fraction of sp³-hybridized carbons (Fsp3) is 0.368. The Labute approximate surface area is 128 Å². The van der Waals surface area contributed by atoms with Crippen LogP contribution in [0, 0.1) is 0 Å². The lowest BCUT2D eigenvalue weighted by molar-refractivity contribution is 0.402. The van der Waals surface area contributed by atoms with Crippen molar-refractivity contribution in [1.29, 1.82) is 0 Å². The summed E-state index contributed by atoms with van der Waals surface area (Å²) in [4.78, 5) is 2.18. The summed E-state index contributed by atoms with van der Waals surface area (Å²) in [6.45, 7) is 5.37. The summed E-state index contributed by atoms with van der Waals surface area (Å²) < 4.78 is 0. The maximum atomic E-state index is 3.56. The highest BCUT2D eigenvalue weighted by Crippen LogP contribution is 2.20. The lowest BCUT2D eigenvalue weighted by Gasteiger charge is -2.17. The fourth-order valence-corrected chi connectivity index (χ4v) is 2.45. The van der Waals surface area contributed by atoms with Gasteiger partial charge in [-0.2, -0.15) is 0 Å². The van der Waals surface area contributed by atoms with Gasteiger partial charge in [-0.15, -0.1) is 0 Å². The first-order chi connectivity index (χ1) is 10.1. The molecule has 0 aliphatic carbocycles. The van der Waals surface area contributed by atoms with E-state index in [0.717, 1.165) is 13.0 Å². The highest BCUT2D eigenvalue weighted by atomic mass is 15.0. The molecule has 0 fully saturated rings. The Balaban J connectivity index is 1.99. The molecule has 0 saturated heterocycles. The van der Waals surface area contributed by atoms with Crippen LogP contribution in [0.2, 0.25) is 0 Å². The molecule has 2 heteroatoms. The van der Waals surface area contributed by atoms with E-state index in [1.165, 1.54) is 22.4 Å². The van der Waals surface area contributed by atoms with Crippen molar-refractivity contribution >= 4 is 5.69 Å². The summed E-state index contributed by atoms with van der Waals surface area (Å²) in [5.41, 5.74) is 5.22. The molecule has 21 heavy (non-hydrogen) atoms. The van der Waals surface area contributed by atoms with E-state index in [2.05, 4.69) is 86.7 Å². The normalized spacial score (nSPS) is 12.4. The molecule has 0 saturated carbocycles. The maximum Gasteiger partial charge on any atom is 0.0485 e. The average Bonchev–Trinajstić information content (AvgIpc) is 2.49. The molecule has 0 bridgehead atoms. The Morgan fingerprint density at radius 3 is 2.00 bits per heavy atom. The van der Waals surface area contributed by atoms with Gasteiger partial charge in [-0.25, -0.2) is 0 Å². The van der Waals surface area contributed by atoms with Crippen LogP contribution in [-0.2, 0) is 13.0 Å². The highest BCUT2D eigenvalue weighted by molar-refractivity contribution is 5.46. The predicted molar refractivity (Wildman–Crippen MR) is 91.7 cm³/mol. The van der Waals surface area contributed by atoms with Crippen LogP contribution in [0.5, 0.6) is 0 Å². The number of hydrogen-bond acceptors (Lipinski definition) is 2. The molecule has 1 unspecified atom stereocenters. The largest absolute Gasteiger partial charge is 0.379 e. The van der Waals surface area contributed by atoms with Gasteiger partial charge in [0.05, 0.1) is 0 Å². The first-order valence-electron chi connectivity index (χ1n) is 7.67. The summed E-state index contributed by atoms with van der Waals surface area (Å²) in [6, 6.07) is 17.9. The van der Waals surface area contributed by atoms with E-state index in [1.54, 1.807) is 0 Å². The van der Waals surface area contributed by atoms with Gasteiger partial charge >= 0.3 is 0 Å². The van der Waals surface area contributed by atoms with Gasteiger partial charge in [0.15, 0.2) is 0 Å². The Bertz CT molecular complexity index is 541. The molecular weight excluding hydrogens is 256 g/mol. The summed E-state index contributed by atoms with van der Waals surface area (Å²) in [5.74, 6) is 0. The van der Waals surface area contributed by atoms with Crippen LogP contribution in [0.3, 0.4) is 0 Å². The second-order valence-corrected chi connectivity index (χ2v) is 5.90. The maximum absolute atomic E-state index is 3.56. The van der Waals surface area contributed by atoms with E-state index in [9.17, 15) is 0 Å². The van der Waals surface area contributed by atoms with E-state index in [0.29, 0.717) is 6.04 Å². The van der Waals surface area contributed by atoms with E-state index in [4.69, 9.17) is 0 Å². The van der Waals surface area contributed by atoms with Crippen LogP contribution in [0.1, 0.15) is 36.6 Å². The van der Waals surface area contributed by atoms with E-state index in [-0.39, 0.29) is 0 Å². The zero-order valence-electron chi connectivity index (χ0n) is 13.6. The van der Waals surface area contributed by atoms with Crippen molar-refractivity contribution in [2.75, 3.05) is 19.4 Å². The topological polar surface area (TPSA) is 15.3 Å². The third-order valence-corrected chi connectivity index (χ3v) is 3.72. The van der Waals surface area contributed by atoms with Gasteiger partial charge in [-0.05, 0) is 56.3 Å². The van der Waals surface area contributed by atoms with E-state index < -0.39 is 0 Å². The van der Waals surface area contributed by atoms with Crippen LogP contribution in [-0.4, -0.2) is 19.0 Å². The first kappa shape index (κ1) is 15.6. The van der Waals surface area contributed by atoms with Crippen LogP contribution in [0.15, 0.2) is 48.5 Å². The Morgan fingerprint density at radius 1 is 0.905 bits per heavy atom. The van der Waals surface area contributed by atoms with Gasteiger partial charge < -0.3 is 10.2 Å². The average molecular weight is 282 g/mol. The Kier molecular flexibility index (Phi) is 5.40. The monoisotopic (exact) mass is 282 g/mol. The molecule has 2 nitrogen and oxygen atoms in total. The lowest BCUT2D eigenvalue weighted by Crippen LogP contribution is -2.11. The molecular formula is C19H26N2. The molecule has 0 aromatic heterocycles. The number of aryl methyl sites for hydroxylation is 1. The Morgan fingerprint density at radius 2 is 1.48 bits per heavy atom. The number of anilines is 1. The van der Waals surface area contributed by atoms with Crippen LogP contribution >= 0.6 is 0 Å². The zero-order valence-corrected chi connectivity index (χ0v) is 13.6. The molecule has 0 aliphatic heterocycles. The molecule has 0 heterocycles.